The van der Waals surface area contributed by atoms with Gasteiger partial charge in [-0.25, -0.2) is 9.59 Å². The van der Waals surface area contributed by atoms with Crippen LogP contribution in [-0.4, -0.2) is 53.3 Å². The second-order valence-corrected chi connectivity index (χ2v) is 9.47. The van der Waals surface area contributed by atoms with Crippen molar-refractivity contribution in [3.05, 3.63) is 102 Å². The first-order chi connectivity index (χ1) is 17.3. The molecule has 3 aromatic carbocycles. The molecule has 1 saturated carbocycles. The number of carboxylic acids is 1. The number of likely N-dealkylation sites (N-methyl/N-ethyl adjacent to an activating group) is 1. The van der Waals surface area contributed by atoms with Crippen molar-refractivity contribution in [3.8, 4) is 5.75 Å². The van der Waals surface area contributed by atoms with Crippen LogP contribution < -0.4 is 4.74 Å². The van der Waals surface area contributed by atoms with Gasteiger partial charge in [0.25, 0.3) is 0 Å². The molecule has 0 bridgehead atoms. The Morgan fingerprint density at radius 1 is 0.838 bits per heavy atom. The van der Waals surface area contributed by atoms with E-state index in [1.807, 2.05) is 56.6 Å². The van der Waals surface area contributed by atoms with Crippen molar-refractivity contribution in [1.82, 2.24) is 4.90 Å². The molecule has 4 rings (SSSR count). The molecule has 0 spiro atoms. The second-order valence-electron chi connectivity index (χ2n) is 9.47. The number of aromatic carboxylic acids is 1. The first-order valence-corrected chi connectivity index (χ1v) is 12.3. The summed E-state index contributed by atoms with van der Waals surface area (Å²) in [4.78, 5) is 24.5. The van der Waals surface area contributed by atoms with Crippen molar-refractivity contribution < 1.29 is 24.5 Å². The number of nitrogens with zero attached hydrogens (tertiary/aromatic N) is 1. The molecule has 2 N–H and O–H groups in total. The lowest BCUT2D eigenvalue weighted by Crippen LogP contribution is -2.42. The normalized spacial score (nSPS) is 14.9. The predicted molar refractivity (Wildman–Crippen MR) is 148 cm³/mol. The Kier molecular flexibility index (Phi) is 11.8. The zero-order valence-corrected chi connectivity index (χ0v) is 22.2. The number of ether oxygens (including phenoxy) is 1. The number of carboxylic acid groups (broad SMARTS) is 1. The van der Waals surface area contributed by atoms with Crippen molar-refractivity contribution in [2.24, 2.45) is 0 Å². The van der Waals surface area contributed by atoms with Gasteiger partial charge in [0.15, 0.2) is 0 Å². The number of esters is 1. The van der Waals surface area contributed by atoms with E-state index < -0.39 is 11.6 Å². The molecule has 0 aliphatic heterocycles. The summed E-state index contributed by atoms with van der Waals surface area (Å²) >= 11 is 0. The highest BCUT2D eigenvalue weighted by Crippen LogP contribution is 2.40. The number of hydrogen-bond acceptors (Lipinski definition) is 5. The SMILES string of the molecule is CN(C)CC(c1ccc(OC(=O)c2ccccc2)cc1)C1(O)CCCCC1.Cl.O=C(O)c1ccccc1. The second kappa shape index (κ2) is 14.5. The summed E-state index contributed by atoms with van der Waals surface area (Å²) in [6, 6.07) is 24.9. The molecule has 0 amide bonds. The van der Waals surface area contributed by atoms with Crippen molar-refractivity contribution in [2.45, 2.75) is 43.6 Å². The number of benzene rings is 3. The highest BCUT2D eigenvalue weighted by molar-refractivity contribution is 5.91. The predicted octanol–water partition coefficient (Wildman–Crippen LogP) is 6.05. The molecule has 198 valence electrons. The van der Waals surface area contributed by atoms with Crippen LogP contribution in [-0.2, 0) is 0 Å². The highest BCUT2D eigenvalue weighted by Gasteiger charge is 2.38. The van der Waals surface area contributed by atoms with Gasteiger partial charge < -0.3 is 19.8 Å². The topological polar surface area (TPSA) is 87.1 Å². The number of halogens is 1. The van der Waals surface area contributed by atoms with Gasteiger partial charge >= 0.3 is 11.9 Å². The first kappa shape index (κ1) is 30.0. The average molecular weight is 526 g/mol. The van der Waals surface area contributed by atoms with Gasteiger partial charge in [0.05, 0.1) is 16.7 Å². The maximum atomic E-state index is 12.2. The van der Waals surface area contributed by atoms with E-state index in [-0.39, 0.29) is 24.3 Å². The third kappa shape index (κ3) is 9.01. The summed E-state index contributed by atoms with van der Waals surface area (Å²) in [5.74, 6) is -0.673. The average Bonchev–Trinajstić information content (AvgIpc) is 2.89. The molecule has 1 fully saturated rings. The molecule has 0 aromatic heterocycles. The van der Waals surface area contributed by atoms with Gasteiger partial charge in [0.2, 0.25) is 0 Å². The highest BCUT2D eigenvalue weighted by atomic mass is 35.5. The van der Waals surface area contributed by atoms with E-state index in [0.717, 1.165) is 37.8 Å². The molecule has 6 nitrogen and oxygen atoms in total. The summed E-state index contributed by atoms with van der Waals surface area (Å²) in [5, 5.41) is 19.7. The third-order valence-electron chi connectivity index (χ3n) is 6.44. The Morgan fingerprint density at radius 3 is 1.81 bits per heavy atom. The van der Waals surface area contributed by atoms with Crippen molar-refractivity contribution >= 4 is 24.3 Å². The summed E-state index contributed by atoms with van der Waals surface area (Å²) in [5.41, 5.74) is 1.29. The standard InChI is InChI=1S/C23H29NO3.C7H6O2.ClH/c1-24(2)17-21(23(26)15-7-4-8-16-23)18-11-13-20(14-12-18)27-22(25)19-9-5-3-6-10-19;8-7(9)6-4-2-1-3-5-6;/h3,5-6,9-14,21,26H,4,7-8,15-17H2,1-2H3;1-5H,(H,8,9);1H. The van der Waals surface area contributed by atoms with Crippen LogP contribution >= 0.6 is 12.4 Å². The van der Waals surface area contributed by atoms with E-state index in [1.54, 1.807) is 42.5 Å². The van der Waals surface area contributed by atoms with Crippen LogP contribution in [0.5, 0.6) is 5.75 Å². The lowest BCUT2D eigenvalue weighted by molar-refractivity contribution is -0.0277. The minimum absolute atomic E-state index is 0. The van der Waals surface area contributed by atoms with Gasteiger partial charge in [-0.1, -0.05) is 67.8 Å². The lowest BCUT2D eigenvalue weighted by Gasteiger charge is -2.40. The zero-order valence-electron chi connectivity index (χ0n) is 21.4. The maximum Gasteiger partial charge on any atom is 0.343 e. The fourth-order valence-electron chi connectivity index (χ4n) is 4.55. The summed E-state index contributed by atoms with van der Waals surface area (Å²) in [6.45, 7) is 0.791. The number of carbonyl (C=O) groups is 2. The molecule has 1 aliphatic rings. The fraction of sp³-hybridized carbons (Fsp3) is 0.333. The molecule has 7 heteroatoms. The lowest BCUT2D eigenvalue weighted by atomic mass is 9.72. The van der Waals surface area contributed by atoms with Crippen molar-refractivity contribution in [3.63, 3.8) is 0 Å². The molecule has 0 radical (unpaired) electrons. The van der Waals surface area contributed by atoms with E-state index in [1.165, 1.54) is 6.42 Å². The van der Waals surface area contributed by atoms with Crippen LogP contribution in [0.4, 0.5) is 0 Å². The molecular weight excluding hydrogens is 490 g/mol. The van der Waals surface area contributed by atoms with Crippen LogP contribution in [0.1, 0.15) is 64.3 Å². The molecule has 0 heterocycles. The summed E-state index contributed by atoms with van der Waals surface area (Å²) < 4.78 is 5.48. The maximum absolute atomic E-state index is 12.2. The minimum Gasteiger partial charge on any atom is -0.478 e. The van der Waals surface area contributed by atoms with Crippen LogP contribution in [0.15, 0.2) is 84.9 Å². The Bertz CT molecular complexity index is 1100. The Balaban J connectivity index is 0.000000408. The number of rotatable bonds is 7. The van der Waals surface area contributed by atoms with Gasteiger partial charge in [-0.15, -0.1) is 12.4 Å². The molecule has 3 aromatic rings. The van der Waals surface area contributed by atoms with Crippen LogP contribution in [0, 0.1) is 0 Å². The molecule has 1 unspecified atom stereocenters. The quantitative estimate of drug-likeness (QED) is 0.288. The van der Waals surface area contributed by atoms with Gasteiger partial charge in [0, 0.05) is 12.5 Å². The van der Waals surface area contributed by atoms with E-state index in [9.17, 15) is 14.7 Å². The largest absolute Gasteiger partial charge is 0.478 e. The molecular formula is C30H36ClNO5. The molecule has 1 aliphatic carbocycles. The first-order valence-electron chi connectivity index (χ1n) is 12.3. The van der Waals surface area contributed by atoms with Crippen molar-refractivity contribution in [1.29, 1.82) is 0 Å². The van der Waals surface area contributed by atoms with E-state index in [4.69, 9.17) is 9.84 Å². The van der Waals surface area contributed by atoms with Crippen LogP contribution in [0.25, 0.3) is 0 Å². The van der Waals surface area contributed by atoms with Gasteiger partial charge in [-0.3, -0.25) is 0 Å². The number of aliphatic hydroxyl groups is 1. The van der Waals surface area contributed by atoms with Gasteiger partial charge in [-0.2, -0.15) is 0 Å². The molecule has 1 atom stereocenters. The van der Waals surface area contributed by atoms with Crippen LogP contribution in [0.2, 0.25) is 0 Å². The number of hydrogen-bond donors (Lipinski definition) is 2. The molecule has 0 saturated heterocycles. The Hall–Kier alpha value is -3.19. The fourth-order valence-corrected chi connectivity index (χ4v) is 4.55. The van der Waals surface area contributed by atoms with E-state index in [0.29, 0.717) is 16.9 Å². The summed E-state index contributed by atoms with van der Waals surface area (Å²) in [6.07, 6.45) is 5.04. The Morgan fingerprint density at radius 2 is 1.35 bits per heavy atom. The van der Waals surface area contributed by atoms with Gasteiger partial charge in [-0.05, 0) is 68.9 Å². The minimum atomic E-state index is -0.879. The smallest absolute Gasteiger partial charge is 0.343 e. The van der Waals surface area contributed by atoms with E-state index in [2.05, 4.69) is 4.90 Å². The van der Waals surface area contributed by atoms with E-state index >= 15 is 0 Å². The van der Waals surface area contributed by atoms with Crippen LogP contribution in [0.3, 0.4) is 0 Å². The third-order valence-corrected chi connectivity index (χ3v) is 6.44. The summed E-state index contributed by atoms with van der Waals surface area (Å²) in [7, 11) is 4.07. The molecule has 37 heavy (non-hydrogen) atoms. The van der Waals surface area contributed by atoms with Gasteiger partial charge in [0.1, 0.15) is 5.75 Å². The monoisotopic (exact) mass is 525 g/mol. The number of carbonyl (C=O) groups excluding carboxylic acids is 1. The Labute approximate surface area is 225 Å². The zero-order chi connectivity index (χ0) is 26.0. The van der Waals surface area contributed by atoms with Crippen molar-refractivity contribution in [2.75, 3.05) is 20.6 Å².